The van der Waals surface area contributed by atoms with E-state index in [2.05, 4.69) is 10.3 Å². The number of para-hydroxylation sites is 2. The summed E-state index contributed by atoms with van der Waals surface area (Å²) in [6.45, 7) is 5.51. The van der Waals surface area contributed by atoms with Crippen molar-refractivity contribution < 1.29 is 14.4 Å². The zero-order chi connectivity index (χ0) is 30.2. The summed E-state index contributed by atoms with van der Waals surface area (Å²) in [5.74, 6) is -0.881. The molecule has 4 aromatic rings. The predicted molar refractivity (Wildman–Crippen MR) is 162 cm³/mol. The second kappa shape index (κ2) is 11.3. The Morgan fingerprint density at radius 2 is 1.76 bits per heavy atom. The maximum Gasteiger partial charge on any atom is 0.329 e. The third kappa shape index (κ3) is 5.08. The van der Waals surface area contributed by atoms with Gasteiger partial charge in [0, 0.05) is 33.0 Å². The van der Waals surface area contributed by atoms with Crippen LogP contribution in [0.2, 0.25) is 0 Å². The van der Waals surface area contributed by atoms with E-state index in [-0.39, 0.29) is 36.0 Å². The van der Waals surface area contributed by atoms with Crippen molar-refractivity contribution in [1.29, 1.82) is 0 Å². The molecule has 3 amide bonds. The molecule has 1 aliphatic heterocycles. The monoisotopic (exact) mass is 568 g/mol. The summed E-state index contributed by atoms with van der Waals surface area (Å²) in [7, 11) is 3.36. The molecule has 0 saturated carbocycles. The van der Waals surface area contributed by atoms with Crippen molar-refractivity contribution in [2.75, 3.05) is 23.8 Å². The molecule has 10 heteroatoms. The van der Waals surface area contributed by atoms with E-state index in [4.69, 9.17) is 0 Å². The van der Waals surface area contributed by atoms with Gasteiger partial charge in [-0.1, -0.05) is 31.2 Å². The molecule has 0 radical (unpaired) electrons. The van der Waals surface area contributed by atoms with E-state index in [9.17, 15) is 19.2 Å². The number of aryl methyl sites for hydroxylation is 1. The number of anilines is 2. The molecule has 1 aliphatic rings. The van der Waals surface area contributed by atoms with Crippen LogP contribution in [0, 0.1) is 5.41 Å². The summed E-state index contributed by atoms with van der Waals surface area (Å²) >= 11 is 0. The van der Waals surface area contributed by atoms with Crippen LogP contribution in [-0.4, -0.2) is 50.3 Å². The van der Waals surface area contributed by atoms with Crippen LogP contribution < -0.4 is 15.9 Å². The minimum absolute atomic E-state index is 0.114. The Balaban J connectivity index is 1.53. The number of nitrogens with zero attached hydrogens (tertiary/aromatic N) is 5. The van der Waals surface area contributed by atoms with Gasteiger partial charge in [0.15, 0.2) is 0 Å². The first-order valence-corrected chi connectivity index (χ1v) is 14.1. The zero-order valence-corrected chi connectivity index (χ0v) is 24.6. The van der Waals surface area contributed by atoms with Crippen molar-refractivity contribution in [3.05, 3.63) is 88.6 Å². The lowest BCUT2D eigenvalue weighted by Gasteiger charge is -2.33. The van der Waals surface area contributed by atoms with Crippen LogP contribution in [0.1, 0.15) is 44.4 Å². The number of hydrogen-bond acceptors (Lipinski definition) is 5. The Labute approximate surface area is 244 Å². The van der Waals surface area contributed by atoms with E-state index < -0.39 is 5.41 Å². The Bertz CT molecular complexity index is 1720. The quantitative estimate of drug-likeness (QED) is 0.324. The molecule has 1 N–H and O–H groups in total. The van der Waals surface area contributed by atoms with Gasteiger partial charge in [0.1, 0.15) is 12.0 Å². The van der Waals surface area contributed by atoms with E-state index in [1.807, 2.05) is 60.4 Å². The van der Waals surface area contributed by atoms with Crippen molar-refractivity contribution in [2.45, 2.75) is 46.2 Å². The minimum atomic E-state index is -1.23. The molecule has 5 rings (SSSR count). The van der Waals surface area contributed by atoms with E-state index in [1.54, 1.807) is 51.0 Å². The van der Waals surface area contributed by atoms with Crippen LogP contribution in [0.15, 0.2) is 71.8 Å². The molecule has 2 aromatic carbocycles. The second-order valence-electron chi connectivity index (χ2n) is 11.3. The molecular formula is C32H36N6O4. The van der Waals surface area contributed by atoms with Crippen LogP contribution in [-0.2, 0) is 34.4 Å². The number of carbonyl (C=O) groups excluding carboxylic acids is 3. The molecule has 2 aromatic heterocycles. The summed E-state index contributed by atoms with van der Waals surface area (Å²) in [4.78, 5) is 60.8. The van der Waals surface area contributed by atoms with Crippen LogP contribution in [0.5, 0.6) is 0 Å². The van der Waals surface area contributed by atoms with E-state index in [1.165, 1.54) is 9.47 Å². The number of pyridine rings is 1. The van der Waals surface area contributed by atoms with Gasteiger partial charge in [-0.05, 0) is 68.1 Å². The molecule has 3 heterocycles. The fraction of sp³-hybridized carbons (Fsp3) is 0.344. The number of benzene rings is 2. The highest BCUT2D eigenvalue weighted by Crippen LogP contribution is 2.37. The smallest absolute Gasteiger partial charge is 0.329 e. The third-order valence-electron chi connectivity index (χ3n) is 8.22. The van der Waals surface area contributed by atoms with E-state index in [0.717, 1.165) is 16.6 Å². The Kier molecular flexibility index (Phi) is 7.73. The number of hydrogen-bond donors (Lipinski definition) is 1. The summed E-state index contributed by atoms with van der Waals surface area (Å²) < 4.78 is 3.07. The summed E-state index contributed by atoms with van der Waals surface area (Å²) in [6, 6.07) is 16.5. The zero-order valence-electron chi connectivity index (χ0n) is 24.6. The van der Waals surface area contributed by atoms with Gasteiger partial charge in [0.25, 0.3) is 0 Å². The van der Waals surface area contributed by atoms with E-state index >= 15 is 0 Å². The fourth-order valence-corrected chi connectivity index (χ4v) is 5.67. The molecule has 0 bridgehead atoms. The number of aromatic nitrogens is 3. The number of imidazole rings is 1. The highest BCUT2D eigenvalue weighted by atomic mass is 16.2. The predicted octanol–water partition coefficient (Wildman–Crippen LogP) is 3.90. The first kappa shape index (κ1) is 28.8. The topological polar surface area (TPSA) is 110 Å². The van der Waals surface area contributed by atoms with Crippen LogP contribution >= 0.6 is 0 Å². The van der Waals surface area contributed by atoms with E-state index in [0.29, 0.717) is 36.3 Å². The summed E-state index contributed by atoms with van der Waals surface area (Å²) in [5.41, 5.74) is 2.90. The number of fused-ring (bicyclic) bond motifs is 2. The lowest BCUT2D eigenvalue weighted by atomic mass is 9.91. The summed E-state index contributed by atoms with van der Waals surface area (Å²) in [6.07, 6.45) is 4.67. The minimum Gasteiger partial charge on any atom is -0.334 e. The van der Waals surface area contributed by atoms with Crippen molar-refractivity contribution in [3.8, 4) is 0 Å². The lowest BCUT2D eigenvalue weighted by Crippen LogP contribution is -2.43. The molecule has 1 unspecified atom stereocenters. The first-order valence-electron chi connectivity index (χ1n) is 14.1. The average molecular weight is 569 g/mol. The van der Waals surface area contributed by atoms with Crippen LogP contribution in [0.25, 0.3) is 11.0 Å². The number of amides is 3. The molecule has 10 nitrogen and oxygen atoms in total. The molecule has 0 saturated heterocycles. The molecule has 1 atom stereocenters. The standard InChI is InChI=1S/C32H36N6O4/c1-6-24(22-13-14-23-27(18-22)35(4)30(41)32(2,3)29(40)34-23)37(17-15-21-10-9-16-33-19-21)28(39)20-38-26-12-8-7-11-25(26)36(5)31(38)42/h7-14,16,18-19,24H,6,15,17,20H2,1-5H3,(H,34,40). The molecular weight excluding hydrogens is 532 g/mol. The average Bonchev–Trinajstić information content (AvgIpc) is 3.20. The molecule has 218 valence electrons. The maximum atomic E-state index is 14.1. The highest BCUT2D eigenvalue weighted by Gasteiger charge is 2.42. The SMILES string of the molecule is CCC(c1ccc2c(c1)N(C)C(=O)C(C)(C)C(=O)N2)N(CCc1cccnc1)C(=O)Cn1c(=O)n(C)c2ccccc21. The molecule has 0 fully saturated rings. The number of carbonyl (C=O) groups is 3. The second-order valence-corrected chi connectivity index (χ2v) is 11.3. The Morgan fingerprint density at radius 3 is 2.45 bits per heavy atom. The number of rotatable bonds is 8. The summed E-state index contributed by atoms with van der Waals surface area (Å²) in [5, 5.41) is 2.89. The van der Waals surface area contributed by atoms with Gasteiger partial charge in [-0.2, -0.15) is 0 Å². The van der Waals surface area contributed by atoms with Crippen molar-refractivity contribution in [2.24, 2.45) is 12.5 Å². The van der Waals surface area contributed by atoms with Gasteiger partial charge in [0.05, 0.1) is 28.5 Å². The van der Waals surface area contributed by atoms with Gasteiger partial charge in [-0.3, -0.25) is 28.5 Å². The number of nitrogens with one attached hydrogen (secondary N) is 1. The maximum absolute atomic E-state index is 14.1. The van der Waals surface area contributed by atoms with Gasteiger partial charge in [-0.15, -0.1) is 0 Å². The van der Waals surface area contributed by atoms with Gasteiger partial charge in [0.2, 0.25) is 17.7 Å². The Hall–Kier alpha value is -4.73. The molecule has 42 heavy (non-hydrogen) atoms. The van der Waals surface area contributed by atoms with Crippen molar-refractivity contribution in [3.63, 3.8) is 0 Å². The molecule has 0 spiro atoms. The lowest BCUT2D eigenvalue weighted by molar-refractivity contribution is -0.136. The van der Waals surface area contributed by atoms with Gasteiger partial charge < -0.3 is 15.1 Å². The third-order valence-corrected chi connectivity index (χ3v) is 8.22. The van der Waals surface area contributed by atoms with Crippen molar-refractivity contribution in [1.82, 2.24) is 19.0 Å². The van der Waals surface area contributed by atoms with Crippen molar-refractivity contribution >= 4 is 40.1 Å². The normalized spacial score (nSPS) is 15.2. The molecule has 0 aliphatic carbocycles. The highest BCUT2D eigenvalue weighted by molar-refractivity contribution is 6.19. The Morgan fingerprint density at radius 1 is 1.02 bits per heavy atom. The van der Waals surface area contributed by atoms with Gasteiger partial charge in [-0.25, -0.2) is 4.79 Å². The largest absolute Gasteiger partial charge is 0.334 e. The first-order chi connectivity index (χ1) is 20.0. The fourth-order valence-electron chi connectivity index (χ4n) is 5.67. The van der Waals surface area contributed by atoms with Gasteiger partial charge >= 0.3 is 5.69 Å². The van der Waals surface area contributed by atoms with Crippen LogP contribution in [0.3, 0.4) is 0 Å². The van der Waals surface area contributed by atoms with Crippen LogP contribution in [0.4, 0.5) is 11.4 Å².